The molecule has 0 aliphatic carbocycles. The Bertz CT molecular complexity index is 445. The molecule has 0 spiro atoms. The largest absolute Gasteiger partial charge is 0.505 e. The standard InChI is InChI=1S/C14H19FN2O2/c15-12-8-11(4-5-13(12)18)17-14(19)6-3-10-2-1-7-16-9-10/h4-5,8,10,16,18H,1-3,6-7,9H2,(H,17,19). The molecule has 1 aliphatic rings. The molecule has 1 aliphatic heterocycles. The molecule has 1 heterocycles. The minimum Gasteiger partial charge on any atom is -0.505 e. The maximum absolute atomic E-state index is 13.1. The highest BCUT2D eigenvalue weighted by Crippen LogP contribution is 2.20. The molecule has 0 aromatic heterocycles. The van der Waals surface area contributed by atoms with Gasteiger partial charge >= 0.3 is 0 Å². The number of anilines is 1. The predicted octanol–water partition coefficient (Wildman–Crippen LogP) is 2.25. The lowest BCUT2D eigenvalue weighted by Gasteiger charge is -2.22. The summed E-state index contributed by atoms with van der Waals surface area (Å²) in [5.41, 5.74) is 0.377. The Balaban J connectivity index is 1.78. The lowest BCUT2D eigenvalue weighted by Crippen LogP contribution is -2.30. The van der Waals surface area contributed by atoms with E-state index < -0.39 is 11.6 Å². The fraction of sp³-hybridized carbons (Fsp3) is 0.500. The summed E-state index contributed by atoms with van der Waals surface area (Å²) in [6.07, 6.45) is 3.61. The number of nitrogens with one attached hydrogen (secondary N) is 2. The van der Waals surface area contributed by atoms with Gasteiger partial charge in [-0.15, -0.1) is 0 Å². The van der Waals surface area contributed by atoms with E-state index in [0.717, 1.165) is 38.4 Å². The van der Waals surface area contributed by atoms with Crippen molar-refractivity contribution in [2.45, 2.75) is 25.7 Å². The van der Waals surface area contributed by atoms with Crippen molar-refractivity contribution < 1.29 is 14.3 Å². The minimum absolute atomic E-state index is 0.115. The molecule has 1 atom stereocenters. The van der Waals surface area contributed by atoms with Crippen LogP contribution < -0.4 is 10.6 Å². The topological polar surface area (TPSA) is 61.4 Å². The summed E-state index contributed by atoms with van der Waals surface area (Å²) in [5, 5.41) is 15.0. The van der Waals surface area contributed by atoms with Crippen LogP contribution in [0.15, 0.2) is 18.2 Å². The van der Waals surface area contributed by atoms with Crippen molar-refractivity contribution in [1.82, 2.24) is 5.32 Å². The molecule has 4 nitrogen and oxygen atoms in total. The van der Waals surface area contributed by atoms with Crippen molar-refractivity contribution in [2.75, 3.05) is 18.4 Å². The zero-order valence-electron chi connectivity index (χ0n) is 10.8. The first-order chi connectivity index (χ1) is 9.15. The van der Waals surface area contributed by atoms with Crippen molar-refractivity contribution in [3.63, 3.8) is 0 Å². The van der Waals surface area contributed by atoms with Gasteiger partial charge in [0.25, 0.3) is 0 Å². The fourth-order valence-corrected chi connectivity index (χ4v) is 2.31. The molecule has 0 bridgehead atoms. The third kappa shape index (κ3) is 4.21. The van der Waals surface area contributed by atoms with Crippen molar-refractivity contribution in [2.24, 2.45) is 5.92 Å². The maximum atomic E-state index is 13.1. The molecule has 1 unspecified atom stereocenters. The van der Waals surface area contributed by atoms with Crippen LogP contribution in [0.1, 0.15) is 25.7 Å². The number of amides is 1. The zero-order valence-corrected chi connectivity index (χ0v) is 10.8. The molecule has 104 valence electrons. The normalized spacial score (nSPS) is 19.1. The SMILES string of the molecule is O=C(CCC1CCCNC1)Nc1ccc(O)c(F)c1. The third-order valence-electron chi connectivity index (χ3n) is 3.41. The summed E-state index contributed by atoms with van der Waals surface area (Å²) in [5.74, 6) is -0.702. The van der Waals surface area contributed by atoms with E-state index in [2.05, 4.69) is 10.6 Å². The Labute approximate surface area is 112 Å². The monoisotopic (exact) mass is 266 g/mol. The van der Waals surface area contributed by atoms with Gasteiger partial charge in [0, 0.05) is 18.2 Å². The zero-order chi connectivity index (χ0) is 13.7. The first-order valence-corrected chi connectivity index (χ1v) is 6.64. The van der Waals surface area contributed by atoms with Gasteiger partial charge in [0.05, 0.1) is 0 Å². The lowest BCUT2D eigenvalue weighted by molar-refractivity contribution is -0.116. The molecule has 19 heavy (non-hydrogen) atoms. The van der Waals surface area contributed by atoms with E-state index in [1.807, 2.05) is 0 Å². The number of hydrogen-bond donors (Lipinski definition) is 3. The molecule has 1 saturated heterocycles. The van der Waals surface area contributed by atoms with Crippen molar-refractivity contribution in [3.8, 4) is 5.75 Å². The van der Waals surface area contributed by atoms with Gasteiger partial charge in [-0.1, -0.05) is 0 Å². The second-order valence-corrected chi connectivity index (χ2v) is 4.97. The van der Waals surface area contributed by atoms with E-state index in [1.54, 1.807) is 0 Å². The van der Waals surface area contributed by atoms with Crippen LogP contribution in [0.2, 0.25) is 0 Å². The molecule has 3 N–H and O–H groups in total. The van der Waals surface area contributed by atoms with E-state index in [-0.39, 0.29) is 5.91 Å². The molecule has 1 fully saturated rings. The molecule has 1 aromatic carbocycles. The Kier molecular flexibility index (Phi) is 4.74. The van der Waals surface area contributed by atoms with Gasteiger partial charge < -0.3 is 15.7 Å². The smallest absolute Gasteiger partial charge is 0.224 e. The molecule has 2 rings (SSSR count). The third-order valence-corrected chi connectivity index (χ3v) is 3.41. The highest BCUT2D eigenvalue weighted by molar-refractivity contribution is 5.90. The highest BCUT2D eigenvalue weighted by Gasteiger charge is 2.14. The van der Waals surface area contributed by atoms with Crippen molar-refractivity contribution in [1.29, 1.82) is 0 Å². The number of benzene rings is 1. The first kappa shape index (κ1) is 13.8. The molecule has 1 amide bonds. The summed E-state index contributed by atoms with van der Waals surface area (Å²) in [7, 11) is 0. The van der Waals surface area contributed by atoms with Gasteiger partial charge in [0.2, 0.25) is 5.91 Å². The molecule has 0 radical (unpaired) electrons. The fourth-order valence-electron chi connectivity index (χ4n) is 2.31. The second kappa shape index (κ2) is 6.52. The molecule has 0 saturated carbocycles. The number of carbonyl (C=O) groups excluding carboxylic acids is 1. The second-order valence-electron chi connectivity index (χ2n) is 4.97. The average molecular weight is 266 g/mol. The number of rotatable bonds is 4. The van der Waals surface area contributed by atoms with Crippen LogP contribution in [0.3, 0.4) is 0 Å². The van der Waals surface area contributed by atoms with Crippen LogP contribution in [0, 0.1) is 11.7 Å². The number of aromatic hydroxyl groups is 1. The predicted molar refractivity (Wildman–Crippen MR) is 71.5 cm³/mol. The van der Waals surface area contributed by atoms with E-state index in [9.17, 15) is 9.18 Å². The lowest BCUT2D eigenvalue weighted by atomic mass is 9.94. The van der Waals surface area contributed by atoms with Gasteiger partial charge in [0.1, 0.15) is 0 Å². The van der Waals surface area contributed by atoms with Gasteiger partial charge in [-0.3, -0.25) is 4.79 Å². The van der Waals surface area contributed by atoms with Gasteiger partial charge in [-0.2, -0.15) is 0 Å². The Morgan fingerprint density at radius 2 is 2.37 bits per heavy atom. The maximum Gasteiger partial charge on any atom is 0.224 e. The van der Waals surface area contributed by atoms with E-state index in [0.29, 0.717) is 18.0 Å². The number of phenols is 1. The highest BCUT2D eigenvalue weighted by atomic mass is 19.1. The van der Waals surface area contributed by atoms with Gasteiger partial charge in [-0.25, -0.2) is 4.39 Å². The Morgan fingerprint density at radius 1 is 1.53 bits per heavy atom. The van der Waals surface area contributed by atoms with E-state index in [4.69, 9.17) is 5.11 Å². The van der Waals surface area contributed by atoms with E-state index >= 15 is 0 Å². The number of carbonyl (C=O) groups is 1. The molecule has 1 aromatic rings. The summed E-state index contributed by atoms with van der Waals surface area (Å²) in [6.45, 7) is 2.04. The summed E-state index contributed by atoms with van der Waals surface area (Å²) >= 11 is 0. The van der Waals surface area contributed by atoms with Crippen LogP contribution in [0.25, 0.3) is 0 Å². The average Bonchev–Trinajstić information content (AvgIpc) is 2.42. The molecular weight excluding hydrogens is 247 g/mol. The number of piperidine rings is 1. The van der Waals surface area contributed by atoms with Crippen LogP contribution in [0.4, 0.5) is 10.1 Å². The summed E-state index contributed by atoms with van der Waals surface area (Å²) in [6, 6.07) is 3.84. The quantitative estimate of drug-likeness (QED) is 0.732. The Morgan fingerprint density at radius 3 is 3.05 bits per heavy atom. The van der Waals surface area contributed by atoms with Crippen molar-refractivity contribution >= 4 is 11.6 Å². The summed E-state index contributed by atoms with van der Waals surface area (Å²) in [4.78, 5) is 11.7. The van der Waals surface area contributed by atoms with Gasteiger partial charge in [-0.05, 0) is 50.4 Å². The van der Waals surface area contributed by atoms with Crippen LogP contribution in [-0.4, -0.2) is 24.1 Å². The number of phenolic OH excluding ortho intramolecular Hbond substituents is 1. The van der Waals surface area contributed by atoms with E-state index in [1.165, 1.54) is 12.1 Å². The molecular formula is C14H19FN2O2. The summed E-state index contributed by atoms with van der Waals surface area (Å²) < 4.78 is 13.1. The van der Waals surface area contributed by atoms with Crippen LogP contribution in [-0.2, 0) is 4.79 Å². The van der Waals surface area contributed by atoms with Crippen LogP contribution in [0.5, 0.6) is 5.75 Å². The number of halogens is 1. The van der Waals surface area contributed by atoms with Gasteiger partial charge in [0.15, 0.2) is 11.6 Å². The minimum atomic E-state index is -0.728. The van der Waals surface area contributed by atoms with Crippen LogP contribution >= 0.6 is 0 Å². The Hall–Kier alpha value is -1.62. The number of hydrogen-bond acceptors (Lipinski definition) is 3. The molecule has 5 heteroatoms. The van der Waals surface area contributed by atoms with Crippen molar-refractivity contribution in [3.05, 3.63) is 24.0 Å². The first-order valence-electron chi connectivity index (χ1n) is 6.64.